The zero-order valence-electron chi connectivity index (χ0n) is 14.8. The molecule has 0 saturated carbocycles. The third-order valence-electron chi connectivity index (χ3n) is 4.01. The van der Waals surface area contributed by atoms with Gasteiger partial charge in [-0.05, 0) is 29.8 Å². The topological polar surface area (TPSA) is 107 Å². The van der Waals surface area contributed by atoms with Crippen molar-refractivity contribution in [1.29, 1.82) is 5.26 Å². The van der Waals surface area contributed by atoms with Crippen LogP contribution in [-0.4, -0.2) is 37.5 Å². The van der Waals surface area contributed by atoms with Crippen molar-refractivity contribution in [3.8, 4) is 6.07 Å². The van der Waals surface area contributed by atoms with Crippen LogP contribution in [0.4, 0.5) is 18.9 Å². The molecule has 0 aliphatic carbocycles. The van der Waals surface area contributed by atoms with Gasteiger partial charge in [0.15, 0.2) is 9.84 Å². The summed E-state index contributed by atoms with van der Waals surface area (Å²) in [6.45, 7) is 0. The Labute approximate surface area is 169 Å². The van der Waals surface area contributed by atoms with Crippen LogP contribution in [-0.2, 0) is 21.1 Å². The Bertz CT molecular complexity index is 1100. The number of amides is 1. The molecule has 0 aliphatic rings. The minimum atomic E-state index is -5.42. The number of carbonyl (C=O) groups is 1. The minimum absolute atomic E-state index is 0.0397. The summed E-state index contributed by atoms with van der Waals surface area (Å²) in [5, 5.41) is 20.9. The van der Waals surface area contributed by atoms with Crippen LogP contribution in [0.15, 0.2) is 47.4 Å². The lowest BCUT2D eigenvalue weighted by atomic mass is 9.92. The van der Waals surface area contributed by atoms with Gasteiger partial charge in [-0.2, -0.15) is 18.4 Å². The largest absolute Gasteiger partial charge is 0.426 e. The number of nitrogens with one attached hydrogen (secondary N) is 1. The monoisotopic (exact) mass is 446 g/mol. The Morgan fingerprint density at radius 3 is 2.38 bits per heavy atom. The molecule has 2 rings (SSSR count). The van der Waals surface area contributed by atoms with Gasteiger partial charge in [0.25, 0.3) is 5.91 Å². The van der Waals surface area contributed by atoms with E-state index in [-0.39, 0.29) is 21.8 Å². The highest BCUT2D eigenvalue weighted by atomic mass is 35.5. The van der Waals surface area contributed by atoms with Gasteiger partial charge in [0.1, 0.15) is 6.07 Å². The van der Waals surface area contributed by atoms with E-state index in [9.17, 15) is 31.5 Å². The average Bonchev–Trinajstić information content (AvgIpc) is 2.60. The van der Waals surface area contributed by atoms with Crippen LogP contribution in [0.3, 0.4) is 0 Å². The van der Waals surface area contributed by atoms with Gasteiger partial charge in [0.2, 0.25) is 5.60 Å². The molecule has 11 heteroatoms. The summed E-state index contributed by atoms with van der Waals surface area (Å²) >= 11 is 5.79. The molecule has 0 heterocycles. The number of rotatable bonds is 5. The molecule has 0 spiro atoms. The third-order valence-corrected chi connectivity index (χ3v) is 5.52. The second-order valence-corrected chi connectivity index (χ2v) is 8.57. The summed E-state index contributed by atoms with van der Waals surface area (Å²) in [7, 11) is -3.91. The summed E-state index contributed by atoms with van der Waals surface area (Å²) in [6, 6.07) is 9.90. The second kappa shape index (κ2) is 8.02. The lowest BCUT2D eigenvalue weighted by molar-refractivity contribution is -0.248. The second-order valence-electron chi connectivity index (χ2n) is 6.18. The van der Waals surface area contributed by atoms with Crippen molar-refractivity contribution >= 4 is 33.0 Å². The number of hydrogen-bond acceptors (Lipinski definition) is 5. The first-order valence-corrected chi connectivity index (χ1v) is 10.1. The maximum Gasteiger partial charge on any atom is 0.426 e. The third kappa shape index (κ3) is 4.87. The number of aliphatic hydroxyl groups is 1. The molecular formula is C18H14ClF3N2O4S. The molecule has 0 saturated heterocycles. The molecule has 0 radical (unpaired) electrons. The fraction of sp³-hybridized carbons (Fsp3) is 0.222. The van der Waals surface area contributed by atoms with E-state index < -0.39 is 38.8 Å². The molecule has 0 aromatic heterocycles. The fourth-order valence-electron chi connectivity index (χ4n) is 2.51. The molecule has 0 aliphatic heterocycles. The van der Waals surface area contributed by atoms with Crippen molar-refractivity contribution in [2.75, 3.05) is 11.6 Å². The number of alkyl halides is 3. The molecule has 0 fully saturated rings. The van der Waals surface area contributed by atoms with Gasteiger partial charge in [0.05, 0.1) is 15.5 Å². The van der Waals surface area contributed by atoms with Crippen molar-refractivity contribution in [2.45, 2.75) is 23.1 Å². The molecule has 2 N–H and O–H groups in total. The molecule has 1 unspecified atom stereocenters. The summed E-state index contributed by atoms with van der Waals surface area (Å²) in [6.07, 6.45) is -5.94. The van der Waals surface area contributed by atoms with Crippen LogP contribution < -0.4 is 5.32 Å². The maximum atomic E-state index is 13.6. The SMILES string of the molecule is CS(=O)(=O)c1ccccc1CC(O)(C(=O)Nc1ccc(C#N)c(Cl)c1)C(F)(F)F. The quantitative estimate of drug-likeness (QED) is 0.734. The van der Waals surface area contributed by atoms with Crippen molar-refractivity contribution in [1.82, 2.24) is 0 Å². The molecule has 2 aromatic carbocycles. The predicted molar refractivity (Wildman–Crippen MR) is 99.1 cm³/mol. The van der Waals surface area contributed by atoms with Crippen LogP contribution in [0.5, 0.6) is 0 Å². The van der Waals surface area contributed by atoms with Crippen molar-refractivity contribution in [3.05, 3.63) is 58.6 Å². The van der Waals surface area contributed by atoms with Crippen molar-refractivity contribution in [2.24, 2.45) is 0 Å². The van der Waals surface area contributed by atoms with E-state index in [1.54, 1.807) is 6.07 Å². The number of sulfone groups is 1. The Morgan fingerprint density at radius 2 is 1.86 bits per heavy atom. The smallest absolute Gasteiger partial charge is 0.372 e. The lowest BCUT2D eigenvalue weighted by Gasteiger charge is -2.30. The number of nitrogens with zero attached hydrogens (tertiary/aromatic N) is 1. The molecule has 1 atom stereocenters. The van der Waals surface area contributed by atoms with Crippen LogP contribution in [0, 0.1) is 11.3 Å². The van der Waals surface area contributed by atoms with E-state index in [2.05, 4.69) is 0 Å². The average molecular weight is 447 g/mol. The summed E-state index contributed by atoms with van der Waals surface area (Å²) in [5.74, 6) is -1.82. The Morgan fingerprint density at radius 1 is 1.24 bits per heavy atom. The Kier molecular flexibility index (Phi) is 6.27. The minimum Gasteiger partial charge on any atom is -0.372 e. The zero-order valence-corrected chi connectivity index (χ0v) is 16.4. The van der Waals surface area contributed by atoms with Gasteiger partial charge in [-0.3, -0.25) is 4.79 Å². The van der Waals surface area contributed by atoms with Crippen molar-refractivity contribution in [3.63, 3.8) is 0 Å². The number of hydrogen-bond donors (Lipinski definition) is 2. The van der Waals surface area contributed by atoms with E-state index >= 15 is 0 Å². The van der Waals surface area contributed by atoms with Crippen LogP contribution >= 0.6 is 11.6 Å². The van der Waals surface area contributed by atoms with Gasteiger partial charge in [-0.15, -0.1) is 0 Å². The summed E-state index contributed by atoms with van der Waals surface area (Å²) in [5.41, 5.74) is -4.44. The number of halogens is 4. The normalized spacial score (nSPS) is 14.0. The fourth-order valence-corrected chi connectivity index (χ4v) is 3.68. The highest BCUT2D eigenvalue weighted by molar-refractivity contribution is 7.90. The lowest BCUT2D eigenvalue weighted by Crippen LogP contribution is -2.56. The van der Waals surface area contributed by atoms with Crippen molar-refractivity contribution < 1.29 is 31.5 Å². The molecule has 29 heavy (non-hydrogen) atoms. The summed E-state index contributed by atoms with van der Waals surface area (Å²) < 4.78 is 64.6. The van der Waals surface area contributed by atoms with Crippen LogP contribution in [0.25, 0.3) is 0 Å². The predicted octanol–water partition coefficient (Wildman–Crippen LogP) is 3.09. The first kappa shape index (κ1) is 22.7. The van der Waals surface area contributed by atoms with Gasteiger partial charge >= 0.3 is 6.18 Å². The molecule has 2 aromatic rings. The Hall–Kier alpha value is -2.61. The number of carbonyl (C=O) groups excluding carboxylic acids is 1. The van der Waals surface area contributed by atoms with E-state index in [4.69, 9.17) is 16.9 Å². The molecule has 1 amide bonds. The zero-order chi connectivity index (χ0) is 22.0. The van der Waals surface area contributed by atoms with Crippen LogP contribution in [0.1, 0.15) is 11.1 Å². The standard InChI is InChI=1S/C18H14ClF3N2O4S/c1-29(27,28)15-5-3-2-4-11(15)9-17(26,18(20,21)22)16(25)24-13-7-6-12(10-23)14(19)8-13/h2-8,26H,9H2,1H3,(H,24,25). The highest BCUT2D eigenvalue weighted by Crippen LogP contribution is 2.36. The number of benzene rings is 2. The number of nitriles is 1. The molecule has 154 valence electrons. The summed E-state index contributed by atoms with van der Waals surface area (Å²) in [4.78, 5) is 11.9. The van der Waals surface area contributed by atoms with Gasteiger partial charge < -0.3 is 10.4 Å². The Balaban J connectivity index is 2.45. The first-order valence-electron chi connectivity index (χ1n) is 7.88. The number of anilines is 1. The highest BCUT2D eigenvalue weighted by Gasteiger charge is 2.59. The van der Waals surface area contributed by atoms with E-state index in [1.807, 2.05) is 5.32 Å². The molecule has 0 bridgehead atoms. The van der Waals surface area contributed by atoms with E-state index in [1.165, 1.54) is 18.2 Å². The van der Waals surface area contributed by atoms with Gasteiger partial charge in [-0.25, -0.2) is 8.42 Å². The molecule has 6 nitrogen and oxygen atoms in total. The van der Waals surface area contributed by atoms with Gasteiger partial charge in [-0.1, -0.05) is 29.8 Å². The maximum absolute atomic E-state index is 13.6. The molecular weight excluding hydrogens is 433 g/mol. The van der Waals surface area contributed by atoms with Gasteiger partial charge in [0, 0.05) is 18.4 Å². The first-order chi connectivity index (χ1) is 13.3. The van der Waals surface area contributed by atoms with E-state index in [0.29, 0.717) is 0 Å². The van der Waals surface area contributed by atoms with Crippen LogP contribution in [0.2, 0.25) is 5.02 Å². The van der Waals surface area contributed by atoms with E-state index in [0.717, 1.165) is 30.5 Å².